The number of carbonyl (C=O) groups excluding carboxylic acids is 1. The molecule has 2 nitrogen and oxygen atoms in total. The molecular weight excluding hydrogens is 236 g/mol. The van der Waals surface area contributed by atoms with Crippen molar-refractivity contribution in [2.75, 3.05) is 0 Å². The van der Waals surface area contributed by atoms with Gasteiger partial charge in [-0.3, -0.25) is 4.79 Å². The molecule has 0 saturated carbocycles. The number of halogens is 1. The van der Waals surface area contributed by atoms with E-state index in [1.54, 1.807) is 48.5 Å². The average Bonchev–Trinajstić information content (AvgIpc) is 2.33. The number of ketones is 1. The fourth-order valence-electron chi connectivity index (χ4n) is 1.35. The van der Waals surface area contributed by atoms with Gasteiger partial charge in [-0.2, -0.15) is 0 Å². The summed E-state index contributed by atoms with van der Waals surface area (Å²) in [6.45, 7) is 3.34. The van der Waals surface area contributed by atoms with Crippen molar-refractivity contribution in [3.05, 3.63) is 66.0 Å². The molecule has 0 saturated heterocycles. The van der Waals surface area contributed by atoms with E-state index in [9.17, 15) is 4.79 Å². The second kappa shape index (κ2) is 5.02. The molecule has 1 radical (unpaired) electrons. The van der Waals surface area contributed by atoms with Crippen LogP contribution in [-0.2, 0) is 0 Å². The molecule has 85 valence electrons. The highest BCUT2D eigenvalue weighted by molar-refractivity contribution is 6.30. The van der Waals surface area contributed by atoms with Gasteiger partial charge in [0.05, 0.1) is 0 Å². The highest BCUT2D eigenvalue weighted by Gasteiger charge is 2.00. The normalized spacial score (nSPS) is 10.0. The summed E-state index contributed by atoms with van der Waals surface area (Å²) >= 11 is 5.77. The predicted molar refractivity (Wildman–Crippen MR) is 67.7 cm³/mol. The van der Waals surface area contributed by atoms with Gasteiger partial charge in [0.1, 0.15) is 11.5 Å². The van der Waals surface area contributed by atoms with Gasteiger partial charge >= 0.3 is 0 Å². The van der Waals surface area contributed by atoms with Gasteiger partial charge in [0, 0.05) is 17.5 Å². The smallest absolute Gasteiger partial charge is 0.163 e. The Morgan fingerprint density at radius 2 is 1.41 bits per heavy atom. The Balaban J connectivity index is 2.13. The van der Waals surface area contributed by atoms with Crippen molar-refractivity contribution in [1.82, 2.24) is 0 Å². The quantitative estimate of drug-likeness (QED) is 0.760. The van der Waals surface area contributed by atoms with E-state index in [4.69, 9.17) is 16.3 Å². The first-order valence-corrected chi connectivity index (χ1v) is 5.43. The highest BCUT2D eigenvalue weighted by atomic mass is 35.5. The lowest BCUT2D eigenvalue weighted by atomic mass is 10.1. The van der Waals surface area contributed by atoms with Crippen LogP contribution in [0.4, 0.5) is 0 Å². The van der Waals surface area contributed by atoms with Gasteiger partial charge < -0.3 is 4.74 Å². The summed E-state index contributed by atoms with van der Waals surface area (Å²) in [6, 6.07) is 13.9. The van der Waals surface area contributed by atoms with Gasteiger partial charge in [-0.1, -0.05) is 11.6 Å². The molecule has 0 amide bonds. The van der Waals surface area contributed by atoms with Crippen LogP contribution in [0.5, 0.6) is 11.5 Å². The Kier molecular flexibility index (Phi) is 3.45. The van der Waals surface area contributed by atoms with Crippen LogP contribution in [0.1, 0.15) is 10.4 Å². The van der Waals surface area contributed by atoms with Crippen LogP contribution in [0.15, 0.2) is 48.5 Å². The zero-order valence-corrected chi connectivity index (χ0v) is 9.78. The van der Waals surface area contributed by atoms with Crippen molar-refractivity contribution in [1.29, 1.82) is 0 Å². The van der Waals surface area contributed by atoms with Crippen LogP contribution in [0, 0.1) is 6.92 Å². The van der Waals surface area contributed by atoms with Crippen LogP contribution >= 0.6 is 11.6 Å². The topological polar surface area (TPSA) is 26.3 Å². The first-order chi connectivity index (χ1) is 8.15. The molecule has 0 aliphatic rings. The van der Waals surface area contributed by atoms with Crippen LogP contribution in [0.2, 0.25) is 5.02 Å². The summed E-state index contributed by atoms with van der Waals surface area (Å²) in [5.74, 6) is 1.16. The Labute approximate surface area is 105 Å². The highest BCUT2D eigenvalue weighted by Crippen LogP contribution is 2.23. The standard InChI is InChI=1S/C14H10ClO2/c1-10(16)11-2-6-13(7-3-11)17-14-8-4-12(15)5-9-14/h2-9H,1H2. The molecule has 3 heteroatoms. The SMILES string of the molecule is [CH2]C(=O)c1ccc(Oc2ccc(Cl)cc2)cc1. The van der Waals surface area contributed by atoms with Gasteiger partial charge in [-0.05, 0) is 48.5 Å². The number of benzene rings is 2. The minimum absolute atomic E-state index is 0.206. The number of rotatable bonds is 3. The Morgan fingerprint density at radius 1 is 0.941 bits per heavy atom. The maximum absolute atomic E-state index is 11.0. The summed E-state index contributed by atoms with van der Waals surface area (Å²) in [5, 5.41) is 0.662. The van der Waals surface area contributed by atoms with E-state index < -0.39 is 0 Å². The van der Waals surface area contributed by atoms with Crippen molar-refractivity contribution >= 4 is 17.4 Å². The number of Topliss-reactive ketones (excluding diaryl/α,β-unsaturated/α-hetero) is 1. The molecule has 0 aromatic heterocycles. The summed E-state index contributed by atoms with van der Waals surface area (Å²) in [6.07, 6.45) is 0. The molecule has 0 aliphatic heterocycles. The van der Waals surface area contributed by atoms with E-state index in [-0.39, 0.29) is 5.78 Å². The summed E-state index contributed by atoms with van der Waals surface area (Å²) < 4.78 is 5.58. The third-order valence-electron chi connectivity index (χ3n) is 2.23. The Bertz CT molecular complexity index is 515. The molecular formula is C14H10ClO2. The third-order valence-corrected chi connectivity index (χ3v) is 2.48. The summed E-state index contributed by atoms with van der Waals surface area (Å²) in [5.41, 5.74) is 0.563. The van der Waals surface area contributed by atoms with Gasteiger partial charge in [-0.25, -0.2) is 0 Å². The second-order valence-electron chi connectivity index (χ2n) is 3.50. The second-order valence-corrected chi connectivity index (χ2v) is 3.94. The number of hydrogen-bond donors (Lipinski definition) is 0. The van der Waals surface area contributed by atoms with Gasteiger partial charge in [0.15, 0.2) is 5.78 Å². The molecule has 2 aromatic carbocycles. The van der Waals surface area contributed by atoms with E-state index in [0.29, 0.717) is 22.1 Å². The van der Waals surface area contributed by atoms with Crippen LogP contribution in [-0.4, -0.2) is 5.78 Å². The zero-order chi connectivity index (χ0) is 12.3. The summed E-state index contributed by atoms with van der Waals surface area (Å²) in [4.78, 5) is 11.0. The molecule has 0 bridgehead atoms. The monoisotopic (exact) mass is 245 g/mol. The van der Waals surface area contributed by atoms with Crippen molar-refractivity contribution < 1.29 is 9.53 Å². The van der Waals surface area contributed by atoms with Crippen molar-refractivity contribution in [3.63, 3.8) is 0 Å². The Hall–Kier alpha value is -1.80. The van der Waals surface area contributed by atoms with Gasteiger partial charge in [-0.15, -0.1) is 0 Å². The average molecular weight is 246 g/mol. The first-order valence-electron chi connectivity index (χ1n) is 5.05. The van der Waals surface area contributed by atoms with E-state index >= 15 is 0 Å². The fourth-order valence-corrected chi connectivity index (χ4v) is 1.47. The molecule has 0 atom stereocenters. The lowest BCUT2D eigenvalue weighted by Crippen LogP contribution is -1.91. The van der Waals surface area contributed by atoms with Gasteiger partial charge in [0.2, 0.25) is 0 Å². The lowest BCUT2D eigenvalue weighted by molar-refractivity contribution is 0.104. The van der Waals surface area contributed by atoms with Crippen LogP contribution in [0.3, 0.4) is 0 Å². The molecule has 17 heavy (non-hydrogen) atoms. The Morgan fingerprint density at radius 3 is 1.88 bits per heavy atom. The van der Waals surface area contributed by atoms with Crippen LogP contribution < -0.4 is 4.74 Å². The predicted octanol–water partition coefficient (Wildman–Crippen LogP) is 4.15. The number of carbonyl (C=O) groups is 1. The summed E-state index contributed by atoms with van der Waals surface area (Å²) in [7, 11) is 0. The van der Waals surface area contributed by atoms with E-state index in [1.807, 2.05) is 0 Å². The molecule has 2 rings (SSSR count). The van der Waals surface area contributed by atoms with Crippen molar-refractivity contribution in [2.24, 2.45) is 0 Å². The molecule has 0 spiro atoms. The maximum atomic E-state index is 11.0. The molecule has 0 heterocycles. The fraction of sp³-hybridized carbons (Fsp3) is 0. The van der Waals surface area contributed by atoms with Crippen LogP contribution in [0.25, 0.3) is 0 Å². The largest absolute Gasteiger partial charge is 0.457 e. The third kappa shape index (κ3) is 3.08. The molecule has 0 N–H and O–H groups in total. The van der Waals surface area contributed by atoms with E-state index in [1.165, 1.54) is 0 Å². The first kappa shape index (κ1) is 11.7. The van der Waals surface area contributed by atoms with Crippen molar-refractivity contribution in [3.8, 4) is 11.5 Å². The minimum Gasteiger partial charge on any atom is -0.457 e. The van der Waals surface area contributed by atoms with Gasteiger partial charge in [0.25, 0.3) is 0 Å². The number of ether oxygens (including phenoxy) is 1. The van der Waals surface area contributed by atoms with E-state index in [2.05, 4.69) is 6.92 Å². The number of hydrogen-bond acceptors (Lipinski definition) is 2. The molecule has 2 aromatic rings. The lowest BCUT2D eigenvalue weighted by Gasteiger charge is -2.05. The molecule has 0 fully saturated rings. The van der Waals surface area contributed by atoms with Crippen molar-refractivity contribution in [2.45, 2.75) is 0 Å². The molecule has 0 unspecified atom stereocenters. The minimum atomic E-state index is -0.206. The van der Waals surface area contributed by atoms with E-state index in [0.717, 1.165) is 0 Å². The molecule has 0 aliphatic carbocycles. The maximum Gasteiger partial charge on any atom is 0.163 e. The zero-order valence-electron chi connectivity index (χ0n) is 9.02.